The predicted molar refractivity (Wildman–Crippen MR) is 57.4 cm³/mol. The molecule has 2 rings (SSSR count). The monoisotopic (exact) mass is 217 g/mol. The number of nitriles is 1. The first kappa shape index (κ1) is 10.7. The number of aliphatic hydroxyl groups excluding tert-OH is 2. The highest BCUT2D eigenvalue weighted by atomic mass is 16.3. The Labute approximate surface area is 92.3 Å². The molecule has 0 fully saturated rings. The van der Waals surface area contributed by atoms with Gasteiger partial charge in [0.15, 0.2) is 0 Å². The number of aliphatic hydroxyl groups is 2. The average molecular weight is 217 g/mol. The van der Waals surface area contributed by atoms with E-state index in [0.717, 1.165) is 5.39 Å². The molecule has 0 radical (unpaired) electrons. The summed E-state index contributed by atoms with van der Waals surface area (Å²) in [6.07, 6.45) is -0.884. The molecular weight excluding hydrogens is 206 g/mol. The summed E-state index contributed by atoms with van der Waals surface area (Å²) in [4.78, 5) is 0. The predicted octanol–water partition coefficient (Wildman–Crippen LogP) is 1.74. The summed E-state index contributed by atoms with van der Waals surface area (Å²) in [5.41, 5.74) is 1.17. The fourth-order valence-corrected chi connectivity index (χ4v) is 1.64. The molecule has 2 atom stereocenters. The van der Waals surface area contributed by atoms with E-state index in [1.54, 1.807) is 12.1 Å². The molecule has 1 heterocycles. The molecule has 4 nitrogen and oxygen atoms in total. The molecule has 0 saturated carbocycles. The maximum absolute atomic E-state index is 9.85. The van der Waals surface area contributed by atoms with Crippen molar-refractivity contribution in [3.8, 4) is 6.07 Å². The molecule has 0 saturated heterocycles. The average Bonchev–Trinajstić information content (AvgIpc) is 2.72. The summed E-state index contributed by atoms with van der Waals surface area (Å²) in [5, 5.41) is 28.6. The van der Waals surface area contributed by atoms with Crippen molar-refractivity contribution < 1.29 is 14.6 Å². The quantitative estimate of drug-likeness (QED) is 0.820. The third-order valence-electron chi connectivity index (χ3n) is 2.49. The smallest absolute Gasteiger partial charge is 0.134 e. The Morgan fingerprint density at radius 1 is 1.31 bits per heavy atom. The Balaban J connectivity index is 2.37. The van der Waals surface area contributed by atoms with Crippen LogP contribution in [-0.2, 0) is 0 Å². The molecule has 2 unspecified atom stereocenters. The van der Waals surface area contributed by atoms with E-state index in [2.05, 4.69) is 0 Å². The number of hydrogen-bond acceptors (Lipinski definition) is 4. The number of hydrogen-bond donors (Lipinski definition) is 2. The van der Waals surface area contributed by atoms with Gasteiger partial charge in [-0.3, -0.25) is 0 Å². The minimum atomic E-state index is -1.09. The van der Waals surface area contributed by atoms with Gasteiger partial charge in [0, 0.05) is 10.9 Å². The van der Waals surface area contributed by atoms with Crippen LogP contribution in [-0.4, -0.2) is 16.3 Å². The number of furan rings is 1. The van der Waals surface area contributed by atoms with E-state index in [-0.39, 0.29) is 6.42 Å². The molecule has 1 aromatic carbocycles. The summed E-state index contributed by atoms with van der Waals surface area (Å²) >= 11 is 0. The number of nitrogens with zero attached hydrogens (tertiary/aromatic N) is 1. The van der Waals surface area contributed by atoms with Crippen LogP contribution in [0.4, 0.5) is 0 Å². The van der Waals surface area contributed by atoms with Crippen LogP contribution >= 0.6 is 0 Å². The van der Waals surface area contributed by atoms with E-state index in [0.29, 0.717) is 11.1 Å². The summed E-state index contributed by atoms with van der Waals surface area (Å²) in [6.45, 7) is 0. The van der Waals surface area contributed by atoms with Crippen molar-refractivity contribution in [2.24, 2.45) is 0 Å². The van der Waals surface area contributed by atoms with Gasteiger partial charge in [0.2, 0.25) is 0 Å². The van der Waals surface area contributed by atoms with Crippen LogP contribution in [0, 0.1) is 11.3 Å². The van der Waals surface area contributed by atoms with E-state index >= 15 is 0 Å². The summed E-state index contributed by atoms with van der Waals surface area (Å²) < 4.78 is 5.24. The molecule has 0 aliphatic heterocycles. The molecule has 2 aromatic rings. The van der Waals surface area contributed by atoms with E-state index in [1.165, 1.54) is 6.26 Å². The van der Waals surface area contributed by atoms with E-state index in [4.69, 9.17) is 9.68 Å². The largest absolute Gasteiger partial charge is 0.464 e. The summed E-state index contributed by atoms with van der Waals surface area (Å²) in [7, 11) is 0. The van der Waals surface area contributed by atoms with Crippen molar-refractivity contribution in [3.05, 3.63) is 36.1 Å². The summed E-state index contributed by atoms with van der Waals surface area (Å²) in [6, 6.07) is 9.05. The molecule has 16 heavy (non-hydrogen) atoms. The van der Waals surface area contributed by atoms with Gasteiger partial charge >= 0.3 is 0 Å². The maximum atomic E-state index is 9.85. The van der Waals surface area contributed by atoms with E-state index in [9.17, 15) is 10.2 Å². The molecule has 0 bridgehead atoms. The maximum Gasteiger partial charge on any atom is 0.134 e. The lowest BCUT2D eigenvalue weighted by atomic mass is 10.0. The van der Waals surface area contributed by atoms with E-state index < -0.39 is 12.2 Å². The molecule has 1 aromatic heterocycles. The summed E-state index contributed by atoms with van der Waals surface area (Å²) in [5.74, 6) is 0. The molecule has 2 N–H and O–H groups in total. The van der Waals surface area contributed by atoms with Crippen LogP contribution in [0.3, 0.4) is 0 Å². The first-order valence-electron chi connectivity index (χ1n) is 4.93. The highest BCUT2D eigenvalue weighted by Gasteiger charge is 2.21. The second-order valence-electron chi connectivity index (χ2n) is 3.56. The lowest BCUT2D eigenvalue weighted by Crippen LogP contribution is -2.17. The van der Waals surface area contributed by atoms with Gasteiger partial charge in [0.05, 0.1) is 24.9 Å². The molecule has 82 valence electrons. The zero-order chi connectivity index (χ0) is 11.5. The molecule has 0 aliphatic carbocycles. The van der Waals surface area contributed by atoms with Crippen LogP contribution in [0.5, 0.6) is 0 Å². The van der Waals surface area contributed by atoms with Crippen LogP contribution in [0.25, 0.3) is 11.0 Å². The van der Waals surface area contributed by atoms with Crippen LogP contribution in [0.1, 0.15) is 18.1 Å². The number of para-hydroxylation sites is 1. The van der Waals surface area contributed by atoms with Gasteiger partial charge in [-0.2, -0.15) is 5.26 Å². The van der Waals surface area contributed by atoms with Crippen molar-refractivity contribution in [3.63, 3.8) is 0 Å². The van der Waals surface area contributed by atoms with Crippen LogP contribution in [0.15, 0.2) is 34.9 Å². The highest BCUT2D eigenvalue weighted by Crippen LogP contribution is 2.28. The minimum absolute atomic E-state index is 0.110. The van der Waals surface area contributed by atoms with Crippen molar-refractivity contribution in [1.29, 1.82) is 5.26 Å². The third-order valence-corrected chi connectivity index (χ3v) is 2.49. The molecule has 0 spiro atoms. The fourth-order valence-electron chi connectivity index (χ4n) is 1.64. The lowest BCUT2D eigenvalue weighted by molar-refractivity contribution is 0.0220. The zero-order valence-electron chi connectivity index (χ0n) is 8.50. The number of fused-ring (bicyclic) bond motifs is 1. The van der Waals surface area contributed by atoms with Crippen LogP contribution < -0.4 is 0 Å². The normalized spacial score (nSPS) is 14.6. The Hall–Kier alpha value is -1.83. The van der Waals surface area contributed by atoms with Crippen molar-refractivity contribution in [2.45, 2.75) is 18.6 Å². The topological polar surface area (TPSA) is 77.4 Å². The molecule has 4 heteroatoms. The minimum Gasteiger partial charge on any atom is -0.464 e. The van der Waals surface area contributed by atoms with Crippen LogP contribution in [0.2, 0.25) is 0 Å². The van der Waals surface area contributed by atoms with Gasteiger partial charge < -0.3 is 14.6 Å². The second-order valence-corrected chi connectivity index (χ2v) is 3.56. The zero-order valence-corrected chi connectivity index (χ0v) is 8.50. The SMILES string of the molecule is N#CCC(O)C(O)c1coc2ccccc12. The van der Waals surface area contributed by atoms with Crippen molar-refractivity contribution in [1.82, 2.24) is 0 Å². The molecule has 0 amide bonds. The van der Waals surface area contributed by atoms with Gasteiger partial charge in [0.25, 0.3) is 0 Å². The Bertz CT molecular complexity index is 526. The van der Waals surface area contributed by atoms with Gasteiger partial charge in [-0.1, -0.05) is 18.2 Å². The second kappa shape index (κ2) is 4.35. The Morgan fingerprint density at radius 3 is 2.81 bits per heavy atom. The highest BCUT2D eigenvalue weighted by molar-refractivity contribution is 5.81. The Morgan fingerprint density at radius 2 is 2.06 bits per heavy atom. The third kappa shape index (κ3) is 1.78. The Kier molecular flexibility index (Phi) is 2.91. The van der Waals surface area contributed by atoms with Gasteiger partial charge in [0.1, 0.15) is 11.7 Å². The van der Waals surface area contributed by atoms with Gasteiger partial charge in [-0.05, 0) is 6.07 Å². The van der Waals surface area contributed by atoms with Gasteiger partial charge in [-0.15, -0.1) is 0 Å². The number of benzene rings is 1. The fraction of sp³-hybridized carbons (Fsp3) is 0.250. The molecular formula is C12H11NO3. The first-order chi connectivity index (χ1) is 7.74. The van der Waals surface area contributed by atoms with Gasteiger partial charge in [-0.25, -0.2) is 0 Å². The van der Waals surface area contributed by atoms with Crippen molar-refractivity contribution in [2.75, 3.05) is 0 Å². The standard InChI is InChI=1S/C12H11NO3/c13-6-5-10(14)12(15)9-7-16-11-4-2-1-3-8(9)11/h1-4,7,10,12,14-15H,5H2. The lowest BCUT2D eigenvalue weighted by Gasteiger charge is -2.13. The molecule has 0 aliphatic rings. The number of rotatable bonds is 3. The van der Waals surface area contributed by atoms with Crippen molar-refractivity contribution >= 4 is 11.0 Å². The van der Waals surface area contributed by atoms with E-state index in [1.807, 2.05) is 18.2 Å². The first-order valence-corrected chi connectivity index (χ1v) is 4.93.